The van der Waals surface area contributed by atoms with Crippen LogP contribution in [0.1, 0.15) is 277 Å². The van der Waals surface area contributed by atoms with E-state index in [4.69, 9.17) is 9.47 Å². The monoisotopic (exact) mass is 962 g/mol. The number of hydrogen-bond donors (Lipinski definition) is 6. The summed E-state index contributed by atoms with van der Waals surface area (Å²) < 4.78 is 11.3. The first kappa shape index (κ1) is 64.4. The number of hydrogen-bond acceptors (Lipinski definition) is 8. The molecule has 1 rings (SSSR count). The predicted octanol–water partition coefficient (Wildman–Crippen LogP) is 14.4. The Kier molecular flexibility index (Phi) is 46.4. The standard InChI is InChI=1S/C59H111NO8/c1-3-5-7-9-11-13-15-17-19-21-22-23-24-25-26-27-28-29-30-31-32-33-35-37-39-41-43-45-47-49-55(63)60-52(51-67-59-58(66)57(65)56(64)54(50-61)68-59)53(62)48-46-44-42-40-38-36-34-20-18-16-14-12-10-8-6-4-2/h22-23,25-26,46,48,52-54,56-59,61-62,64-66H,3-21,24,27-45,47,49-51H2,1-2H3,(H,60,63)/b23-22-,26-25-,48-46+. The Balaban J connectivity index is 2.18. The lowest BCUT2D eigenvalue weighted by atomic mass is 9.99. The molecule has 7 atom stereocenters. The summed E-state index contributed by atoms with van der Waals surface area (Å²) in [7, 11) is 0. The van der Waals surface area contributed by atoms with Crippen LogP contribution in [-0.2, 0) is 14.3 Å². The van der Waals surface area contributed by atoms with Crippen molar-refractivity contribution in [2.45, 2.75) is 320 Å². The Labute approximate surface area is 419 Å². The van der Waals surface area contributed by atoms with Gasteiger partial charge in [-0.05, 0) is 51.4 Å². The molecule has 6 N–H and O–H groups in total. The average Bonchev–Trinajstić information content (AvgIpc) is 3.34. The van der Waals surface area contributed by atoms with Crippen molar-refractivity contribution in [1.82, 2.24) is 5.32 Å². The molecule has 1 aliphatic rings. The molecule has 1 fully saturated rings. The quantitative estimate of drug-likeness (QED) is 0.0261. The summed E-state index contributed by atoms with van der Waals surface area (Å²) in [5.74, 6) is -0.175. The van der Waals surface area contributed by atoms with Crippen molar-refractivity contribution >= 4 is 5.91 Å². The molecule has 1 amide bonds. The molecule has 1 saturated heterocycles. The van der Waals surface area contributed by atoms with Gasteiger partial charge < -0.3 is 40.3 Å². The molecule has 1 heterocycles. The van der Waals surface area contributed by atoms with Crippen LogP contribution in [0.2, 0.25) is 0 Å². The van der Waals surface area contributed by atoms with Crippen LogP contribution in [0.15, 0.2) is 36.5 Å². The Hall–Kier alpha value is -1.59. The SMILES string of the molecule is CCCCCCCCCCC/C=C\C/C=C\CCCCCCCCCCCCCCCC(=O)NC(COC1OC(CO)C(O)C(O)C1O)C(O)/C=C/CCCCCCCCCCCCCCCC. The highest BCUT2D eigenvalue weighted by Crippen LogP contribution is 2.23. The van der Waals surface area contributed by atoms with Gasteiger partial charge in [0.05, 0.1) is 25.4 Å². The fourth-order valence-electron chi connectivity index (χ4n) is 9.31. The van der Waals surface area contributed by atoms with Gasteiger partial charge in [-0.25, -0.2) is 0 Å². The van der Waals surface area contributed by atoms with Gasteiger partial charge in [-0.2, -0.15) is 0 Å². The fraction of sp³-hybridized carbons (Fsp3) is 0.881. The van der Waals surface area contributed by atoms with E-state index in [1.165, 1.54) is 212 Å². The molecule has 0 saturated carbocycles. The summed E-state index contributed by atoms with van der Waals surface area (Å²) in [6, 6.07) is -0.805. The van der Waals surface area contributed by atoms with Gasteiger partial charge in [0, 0.05) is 6.42 Å². The summed E-state index contributed by atoms with van der Waals surface area (Å²) in [5, 5.41) is 54.5. The highest BCUT2D eigenvalue weighted by Gasteiger charge is 2.44. The van der Waals surface area contributed by atoms with E-state index in [2.05, 4.69) is 43.5 Å². The number of nitrogens with one attached hydrogen (secondary N) is 1. The first-order valence-electron chi connectivity index (χ1n) is 29.2. The topological polar surface area (TPSA) is 149 Å². The molecule has 0 radical (unpaired) electrons. The van der Waals surface area contributed by atoms with Crippen LogP contribution in [0.5, 0.6) is 0 Å². The van der Waals surface area contributed by atoms with Crippen molar-refractivity contribution in [2.24, 2.45) is 0 Å². The number of carbonyl (C=O) groups excluding carboxylic acids is 1. The molecule has 1 aliphatic heterocycles. The highest BCUT2D eigenvalue weighted by atomic mass is 16.7. The van der Waals surface area contributed by atoms with Crippen LogP contribution >= 0.6 is 0 Å². The summed E-state index contributed by atoms with van der Waals surface area (Å²) in [5.41, 5.74) is 0. The van der Waals surface area contributed by atoms with Crippen LogP contribution in [0.3, 0.4) is 0 Å². The minimum absolute atomic E-state index is 0.175. The lowest BCUT2D eigenvalue weighted by molar-refractivity contribution is -0.302. The number of ether oxygens (including phenoxy) is 2. The van der Waals surface area contributed by atoms with Gasteiger partial charge in [-0.3, -0.25) is 4.79 Å². The molecule has 0 bridgehead atoms. The van der Waals surface area contributed by atoms with E-state index in [9.17, 15) is 30.3 Å². The van der Waals surface area contributed by atoms with E-state index in [-0.39, 0.29) is 12.5 Å². The number of aliphatic hydroxyl groups is 5. The van der Waals surface area contributed by atoms with Crippen molar-refractivity contribution in [3.05, 3.63) is 36.5 Å². The van der Waals surface area contributed by atoms with Crippen molar-refractivity contribution in [2.75, 3.05) is 13.2 Å². The zero-order valence-corrected chi connectivity index (χ0v) is 44.4. The van der Waals surface area contributed by atoms with Crippen molar-refractivity contribution < 1.29 is 39.8 Å². The number of carbonyl (C=O) groups is 1. The van der Waals surface area contributed by atoms with E-state index in [0.29, 0.717) is 6.42 Å². The Morgan fingerprint density at radius 1 is 0.500 bits per heavy atom. The minimum Gasteiger partial charge on any atom is -0.394 e. The molecule has 9 nitrogen and oxygen atoms in total. The van der Waals surface area contributed by atoms with Crippen LogP contribution in [-0.4, -0.2) is 87.5 Å². The largest absolute Gasteiger partial charge is 0.394 e. The number of allylic oxidation sites excluding steroid dienone is 5. The van der Waals surface area contributed by atoms with Gasteiger partial charge in [-0.15, -0.1) is 0 Å². The number of rotatable bonds is 50. The third-order valence-electron chi connectivity index (χ3n) is 14.0. The predicted molar refractivity (Wildman–Crippen MR) is 286 cm³/mol. The maximum absolute atomic E-state index is 13.0. The zero-order chi connectivity index (χ0) is 49.4. The van der Waals surface area contributed by atoms with Gasteiger partial charge in [0.25, 0.3) is 0 Å². The molecule has 0 aromatic heterocycles. The number of aliphatic hydroxyl groups excluding tert-OH is 5. The van der Waals surface area contributed by atoms with Gasteiger partial charge in [0.15, 0.2) is 6.29 Å². The molecule has 0 aromatic rings. The first-order chi connectivity index (χ1) is 33.3. The molecule has 400 valence electrons. The summed E-state index contributed by atoms with van der Waals surface area (Å²) in [6.45, 7) is 3.80. The van der Waals surface area contributed by atoms with Gasteiger partial charge in [0.2, 0.25) is 5.91 Å². The van der Waals surface area contributed by atoms with E-state index in [0.717, 1.165) is 44.9 Å². The van der Waals surface area contributed by atoms with Crippen LogP contribution < -0.4 is 5.32 Å². The van der Waals surface area contributed by atoms with E-state index in [1.54, 1.807) is 6.08 Å². The zero-order valence-electron chi connectivity index (χ0n) is 44.4. The second-order valence-electron chi connectivity index (χ2n) is 20.4. The summed E-state index contributed by atoms with van der Waals surface area (Å²) in [4.78, 5) is 13.0. The average molecular weight is 963 g/mol. The molecule has 0 aliphatic carbocycles. The molecular formula is C59H111NO8. The number of unbranched alkanes of at least 4 members (excludes halogenated alkanes) is 36. The fourth-order valence-corrected chi connectivity index (χ4v) is 9.31. The maximum Gasteiger partial charge on any atom is 0.220 e. The molecule has 68 heavy (non-hydrogen) atoms. The van der Waals surface area contributed by atoms with E-state index < -0.39 is 49.5 Å². The summed E-state index contributed by atoms with van der Waals surface area (Å²) >= 11 is 0. The maximum atomic E-state index is 13.0. The smallest absolute Gasteiger partial charge is 0.220 e. The molecule has 9 heteroatoms. The van der Waals surface area contributed by atoms with E-state index in [1.807, 2.05) is 6.08 Å². The van der Waals surface area contributed by atoms with Gasteiger partial charge >= 0.3 is 0 Å². The molecule has 0 aromatic carbocycles. The molecule has 7 unspecified atom stereocenters. The van der Waals surface area contributed by atoms with Crippen molar-refractivity contribution in [1.29, 1.82) is 0 Å². The second-order valence-corrected chi connectivity index (χ2v) is 20.4. The third kappa shape index (κ3) is 38.1. The van der Waals surface area contributed by atoms with Gasteiger partial charge in [0.1, 0.15) is 24.4 Å². The van der Waals surface area contributed by atoms with Crippen LogP contribution in [0.25, 0.3) is 0 Å². The van der Waals surface area contributed by atoms with Gasteiger partial charge in [-0.1, -0.05) is 256 Å². The summed E-state index contributed by atoms with van der Waals surface area (Å²) in [6.07, 6.45) is 56.4. The highest BCUT2D eigenvalue weighted by molar-refractivity contribution is 5.76. The lowest BCUT2D eigenvalue weighted by Crippen LogP contribution is -2.60. The minimum atomic E-state index is -1.57. The first-order valence-corrected chi connectivity index (χ1v) is 29.2. The molecule has 0 spiro atoms. The lowest BCUT2D eigenvalue weighted by Gasteiger charge is -2.40. The number of amides is 1. The molecular weight excluding hydrogens is 851 g/mol. The third-order valence-corrected chi connectivity index (χ3v) is 14.0. The Morgan fingerprint density at radius 3 is 1.26 bits per heavy atom. The van der Waals surface area contributed by atoms with Crippen LogP contribution in [0, 0.1) is 0 Å². The second kappa shape index (κ2) is 49.0. The Morgan fingerprint density at radius 2 is 0.868 bits per heavy atom. The van der Waals surface area contributed by atoms with Crippen molar-refractivity contribution in [3.8, 4) is 0 Å². The van der Waals surface area contributed by atoms with Crippen molar-refractivity contribution in [3.63, 3.8) is 0 Å². The van der Waals surface area contributed by atoms with Crippen LogP contribution in [0.4, 0.5) is 0 Å². The Bertz CT molecular complexity index is 1160. The normalized spacial score (nSPS) is 19.8. The van der Waals surface area contributed by atoms with E-state index >= 15 is 0 Å².